The van der Waals surface area contributed by atoms with Gasteiger partial charge in [0.1, 0.15) is 0 Å². The molecule has 0 fully saturated rings. The molecule has 0 radical (unpaired) electrons. The molecule has 36 heavy (non-hydrogen) atoms. The van der Waals surface area contributed by atoms with Crippen LogP contribution in [0.4, 0.5) is 0 Å². The van der Waals surface area contributed by atoms with Gasteiger partial charge >= 0.3 is 0 Å². The zero-order valence-corrected chi connectivity index (χ0v) is 19.4. The van der Waals surface area contributed by atoms with Crippen molar-refractivity contribution in [1.82, 2.24) is 0 Å². The maximum absolute atomic E-state index is 2.41. The summed E-state index contributed by atoms with van der Waals surface area (Å²) >= 11 is 0. The third kappa shape index (κ3) is 1.83. The quantitative estimate of drug-likeness (QED) is 0.159. The topological polar surface area (TPSA) is 0 Å². The Balaban J connectivity index is 1.67. The van der Waals surface area contributed by atoms with Gasteiger partial charge in [-0.3, -0.25) is 0 Å². The van der Waals surface area contributed by atoms with Crippen LogP contribution in [0.25, 0.3) is 97.0 Å². The lowest BCUT2D eigenvalue weighted by Crippen LogP contribution is -1.94. The highest BCUT2D eigenvalue weighted by Crippen LogP contribution is 2.52. The van der Waals surface area contributed by atoms with Gasteiger partial charge in [0.05, 0.1) is 0 Å². The molecule has 0 aliphatic carbocycles. The molecule has 0 saturated heterocycles. The molecule has 0 aliphatic rings. The van der Waals surface area contributed by atoms with Crippen LogP contribution in [0.5, 0.6) is 0 Å². The van der Waals surface area contributed by atoms with Crippen LogP contribution < -0.4 is 0 Å². The van der Waals surface area contributed by atoms with E-state index in [-0.39, 0.29) is 0 Å². The SMILES string of the molecule is c1ccc2cc3c(cc2c1)c1ccc2ccc4c5ccccc5c5ccc6ccc3c3c6c5c4c2c13. The Morgan fingerprint density at radius 3 is 1.00 bits per heavy atom. The summed E-state index contributed by atoms with van der Waals surface area (Å²) < 4.78 is 0. The third-order valence-corrected chi connectivity index (χ3v) is 8.85. The van der Waals surface area contributed by atoms with Crippen molar-refractivity contribution < 1.29 is 0 Å². The van der Waals surface area contributed by atoms with Crippen LogP contribution in [-0.2, 0) is 0 Å². The summed E-state index contributed by atoms with van der Waals surface area (Å²) in [4.78, 5) is 0. The lowest BCUT2D eigenvalue weighted by molar-refractivity contribution is 1.79. The minimum Gasteiger partial charge on any atom is -0.0616 e. The minimum atomic E-state index is 1.30. The summed E-state index contributed by atoms with van der Waals surface area (Å²) in [6.07, 6.45) is 0. The fourth-order valence-electron chi connectivity index (χ4n) is 7.41. The molecular weight excluding hydrogens is 432 g/mol. The van der Waals surface area contributed by atoms with E-state index < -0.39 is 0 Å². The van der Waals surface area contributed by atoms with Gasteiger partial charge in [0.25, 0.3) is 0 Å². The highest BCUT2D eigenvalue weighted by Gasteiger charge is 2.23. The van der Waals surface area contributed by atoms with Gasteiger partial charge in [0.2, 0.25) is 0 Å². The first-order chi connectivity index (χ1) is 17.9. The zero-order valence-electron chi connectivity index (χ0n) is 19.4. The van der Waals surface area contributed by atoms with Gasteiger partial charge in [-0.15, -0.1) is 0 Å². The molecule has 10 aromatic rings. The number of rotatable bonds is 0. The standard InChI is InChI=1S/C36H18/c1-2-6-22-18-30-28-16-12-20-10-14-26-24-8-4-3-7-23(24)25-13-9-19-11-15-27(29(30)17-21(22)5-1)35-31(19)33(25)34(26)32(20)36(28)35/h1-18H. The summed E-state index contributed by atoms with van der Waals surface area (Å²) in [6.45, 7) is 0. The molecule has 0 N–H and O–H groups in total. The van der Waals surface area contributed by atoms with E-state index in [1.807, 2.05) is 0 Å². The van der Waals surface area contributed by atoms with E-state index in [0.29, 0.717) is 0 Å². The van der Waals surface area contributed by atoms with Gasteiger partial charge in [-0.1, -0.05) is 97.1 Å². The minimum absolute atomic E-state index is 1.30. The van der Waals surface area contributed by atoms with Crippen molar-refractivity contribution in [3.8, 4) is 0 Å². The van der Waals surface area contributed by atoms with Crippen molar-refractivity contribution in [3.63, 3.8) is 0 Å². The monoisotopic (exact) mass is 450 g/mol. The van der Waals surface area contributed by atoms with Crippen LogP contribution in [0.15, 0.2) is 109 Å². The van der Waals surface area contributed by atoms with Crippen LogP contribution in [0, 0.1) is 0 Å². The molecule has 0 heteroatoms. The second kappa shape index (κ2) is 5.75. The maximum Gasteiger partial charge on any atom is -0.000740 e. The predicted molar refractivity (Wildman–Crippen MR) is 158 cm³/mol. The number of fused-ring (bicyclic) bond motifs is 7. The van der Waals surface area contributed by atoms with Gasteiger partial charge < -0.3 is 0 Å². The second-order valence-electron chi connectivity index (χ2n) is 10.4. The smallest absolute Gasteiger partial charge is 0.000740 e. The Hall–Kier alpha value is -4.68. The van der Waals surface area contributed by atoms with E-state index in [0.717, 1.165) is 0 Å². The first kappa shape index (κ1) is 17.7. The Morgan fingerprint density at radius 1 is 0.222 bits per heavy atom. The molecule has 0 amide bonds. The van der Waals surface area contributed by atoms with Crippen LogP contribution in [0.1, 0.15) is 0 Å². The highest BCUT2D eigenvalue weighted by molar-refractivity contribution is 6.50. The van der Waals surface area contributed by atoms with Crippen molar-refractivity contribution in [2.24, 2.45) is 0 Å². The van der Waals surface area contributed by atoms with Crippen LogP contribution >= 0.6 is 0 Å². The predicted octanol–water partition coefficient (Wildman–Crippen LogP) is 10.4. The van der Waals surface area contributed by atoms with Crippen LogP contribution in [0.3, 0.4) is 0 Å². The summed E-state index contributed by atoms with van der Waals surface area (Å²) in [6, 6.07) is 41.3. The van der Waals surface area contributed by atoms with E-state index in [4.69, 9.17) is 0 Å². The Bertz CT molecular complexity index is 2340. The lowest BCUT2D eigenvalue weighted by Gasteiger charge is -2.23. The zero-order chi connectivity index (χ0) is 23.1. The largest absolute Gasteiger partial charge is 0.0616 e. The summed E-state index contributed by atoms with van der Waals surface area (Å²) in [5, 5.41) is 24.7. The summed E-state index contributed by atoms with van der Waals surface area (Å²) in [5.74, 6) is 0. The molecule has 0 aromatic heterocycles. The van der Waals surface area contributed by atoms with E-state index in [2.05, 4.69) is 109 Å². The van der Waals surface area contributed by atoms with Gasteiger partial charge in [-0.05, 0) is 109 Å². The fraction of sp³-hybridized carbons (Fsp3) is 0. The summed E-state index contributed by atoms with van der Waals surface area (Å²) in [7, 11) is 0. The number of hydrogen-bond acceptors (Lipinski definition) is 0. The van der Waals surface area contributed by atoms with Crippen molar-refractivity contribution in [2.75, 3.05) is 0 Å². The van der Waals surface area contributed by atoms with Gasteiger partial charge in [0.15, 0.2) is 0 Å². The average molecular weight is 451 g/mol. The van der Waals surface area contributed by atoms with Gasteiger partial charge in [-0.2, -0.15) is 0 Å². The molecule has 0 aliphatic heterocycles. The highest BCUT2D eigenvalue weighted by atomic mass is 14.3. The van der Waals surface area contributed by atoms with E-state index in [1.165, 1.54) is 97.0 Å². The van der Waals surface area contributed by atoms with Crippen molar-refractivity contribution in [2.45, 2.75) is 0 Å². The van der Waals surface area contributed by atoms with Crippen molar-refractivity contribution in [1.29, 1.82) is 0 Å². The first-order valence-electron chi connectivity index (χ1n) is 12.7. The normalized spacial score (nSPS) is 13.0. The van der Waals surface area contributed by atoms with Crippen LogP contribution in [-0.4, -0.2) is 0 Å². The van der Waals surface area contributed by atoms with Crippen LogP contribution in [0.2, 0.25) is 0 Å². The molecule has 162 valence electrons. The lowest BCUT2D eigenvalue weighted by atomic mass is 9.79. The molecule has 0 nitrogen and oxygen atoms in total. The molecule has 0 spiro atoms. The van der Waals surface area contributed by atoms with Crippen molar-refractivity contribution >= 4 is 97.0 Å². The molecule has 0 unspecified atom stereocenters. The number of benzene rings is 10. The maximum atomic E-state index is 2.41. The molecule has 0 bridgehead atoms. The van der Waals surface area contributed by atoms with E-state index >= 15 is 0 Å². The molecule has 0 atom stereocenters. The fourth-order valence-corrected chi connectivity index (χ4v) is 7.41. The second-order valence-corrected chi connectivity index (χ2v) is 10.4. The summed E-state index contributed by atoms with van der Waals surface area (Å²) in [5.41, 5.74) is 0. The Morgan fingerprint density at radius 2 is 0.583 bits per heavy atom. The van der Waals surface area contributed by atoms with Crippen molar-refractivity contribution in [3.05, 3.63) is 109 Å². The molecule has 10 aromatic carbocycles. The van der Waals surface area contributed by atoms with Gasteiger partial charge in [0, 0.05) is 0 Å². The Kier molecular flexibility index (Phi) is 2.83. The first-order valence-corrected chi connectivity index (χ1v) is 12.7. The molecule has 10 rings (SSSR count). The third-order valence-electron chi connectivity index (χ3n) is 8.85. The Labute approximate surface area is 206 Å². The number of hydrogen-bond donors (Lipinski definition) is 0. The van der Waals surface area contributed by atoms with Gasteiger partial charge in [-0.25, -0.2) is 0 Å². The average Bonchev–Trinajstić information content (AvgIpc) is 2.94. The molecular formula is C36H18. The van der Waals surface area contributed by atoms with E-state index in [1.54, 1.807) is 0 Å². The van der Waals surface area contributed by atoms with E-state index in [9.17, 15) is 0 Å². The molecule has 0 saturated carbocycles. The molecule has 0 heterocycles.